The van der Waals surface area contributed by atoms with Crippen LogP contribution in [0.2, 0.25) is 0 Å². The van der Waals surface area contributed by atoms with Crippen molar-refractivity contribution in [3.05, 3.63) is 18.3 Å². The van der Waals surface area contributed by atoms with Crippen molar-refractivity contribution >= 4 is 15.7 Å². The topological polar surface area (TPSA) is 62.3 Å². The molecule has 20 heavy (non-hydrogen) atoms. The van der Waals surface area contributed by atoms with Crippen molar-refractivity contribution in [2.75, 3.05) is 25.0 Å². The van der Waals surface area contributed by atoms with E-state index in [9.17, 15) is 8.42 Å². The van der Waals surface area contributed by atoms with Gasteiger partial charge in [0.1, 0.15) is 0 Å². The van der Waals surface area contributed by atoms with E-state index in [1.54, 1.807) is 12.1 Å². The van der Waals surface area contributed by atoms with Crippen LogP contribution in [0.15, 0.2) is 23.4 Å². The van der Waals surface area contributed by atoms with Crippen molar-refractivity contribution in [1.29, 1.82) is 0 Å². The molecule has 1 rings (SSSR count). The van der Waals surface area contributed by atoms with Gasteiger partial charge in [0, 0.05) is 25.8 Å². The maximum Gasteiger partial charge on any atom is 0.262 e. The molecule has 0 aliphatic carbocycles. The van der Waals surface area contributed by atoms with Crippen LogP contribution in [-0.2, 0) is 10.0 Å². The van der Waals surface area contributed by atoms with Gasteiger partial charge in [0.25, 0.3) is 10.0 Å². The Kier molecular flexibility index (Phi) is 6.42. The van der Waals surface area contributed by atoms with E-state index in [4.69, 9.17) is 0 Å². The first-order valence-electron chi connectivity index (χ1n) is 7.12. The number of nitrogens with zero attached hydrogens (tertiary/aromatic N) is 2. The van der Waals surface area contributed by atoms with Crippen LogP contribution in [0.1, 0.15) is 34.1 Å². The van der Waals surface area contributed by atoms with Crippen molar-refractivity contribution in [3.8, 4) is 0 Å². The zero-order valence-electron chi connectivity index (χ0n) is 12.8. The Hall–Kier alpha value is -1.14. The summed E-state index contributed by atoms with van der Waals surface area (Å²) in [5.74, 6) is 0.278. The van der Waals surface area contributed by atoms with E-state index >= 15 is 0 Å². The first-order valence-corrected chi connectivity index (χ1v) is 8.56. The SMILES string of the molecule is CCCNc1cccnc1S(=O)(=O)N(CC)CC(C)C. The Morgan fingerprint density at radius 1 is 1.35 bits per heavy atom. The molecule has 1 aromatic heterocycles. The molecule has 0 aliphatic rings. The summed E-state index contributed by atoms with van der Waals surface area (Å²) in [6.07, 6.45) is 2.45. The van der Waals surface area contributed by atoms with Crippen molar-refractivity contribution in [2.45, 2.75) is 39.1 Å². The average molecular weight is 299 g/mol. The van der Waals surface area contributed by atoms with Crippen LogP contribution in [0.3, 0.4) is 0 Å². The van der Waals surface area contributed by atoms with Crippen LogP contribution in [0.4, 0.5) is 5.69 Å². The van der Waals surface area contributed by atoms with E-state index in [1.807, 2.05) is 27.7 Å². The number of rotatable bonds is 8. The van der Waals surface area contributed by atoms with E-state index in [0.29, 0.717) is 18.8 Å². The lowest BCUT2D eigenvalue weighted by Gasteiger charge is -2.23. The highest BCUT2D eigenvalue weighted by molar-refractivity contribution is 7.89. The molecule has 0 radical (unpaired) electrons. The molecule has 0 spiro atoms. The lowest BCUT2D eigenvalue weighted by molar-refractivity contribution is 0.379. The largest absolute Gasteiger partial charge is 0.383 e. The van der Waals surface area contributed by atoms with Crippen LogP contribution in [0.5, 0.6) is 0 Å². The second-order valence-corrected chi connectivity index (χ2v) is 6.99. The molecule has 0 aliphatic heterocycles. The number of anilines is 1. The van der Waals surface area contributed by atoms with Gasteiger partial charge in [0.05, 0.1) is 5.69 Å². The molecule has 1 aromatic rings. The minimum atomic E-state index is -3.55. The van der Waals surface area contributed by atoms with E-state index in [-0.39, 0.29) is 10.9 Å². The number of hydrogen-bond acceptors (Lipinski definition) is 4. The fraction of sp³-hybridized carbons (Fsp3) is 0.643. The fourth-order valence-electron chi connectivity index (χ4n) is 1.92. The van der Waals surface area contributed by atoms with Crippen molar-refractivity contribution in [2.24, 2.45) is 5.92 Å². The van der Waals surface area contributed by atoms with Gasteiger partial charge in [-0.2, -0.15) is 4.31 Å². The molecule has 0 bridgehead atoms. The number of pyridine rings is 1. The van der Waals surface area contributed by atoms with Gasteiger partial charge in [-0.1, -0.05) is 27.7 Å². The summed E-state index contributed by atoms with van der Waals surface area (Å²) in [7, 11) is -3.55. The quantitative estimate of drug-likeness (QED) is 0.801. The smallest absolute Gasteiger partial charge is 0.262 e. The third-order valence-electron chi connectivity index (χ3n) is 2.84. The van der Waals surface area contributed by atoms with Crippen LogP contribution < -0.4 is 5.32 Å². The summed E-state index contributed by atoms with van der Waals surface area (Å²) in [6, 6.07) is 3.51. The number of nitrogens with one attached hydrogen (secondary N) is 1. The lowest BCUT2D eigenvalue weighted by Crippen LogP contribution is -2.35. The summed E-state index contributed by atoms with van der Waals surface area (Å²) < 4.78 is 26.9. The van der Waals surface area contributed by atoms with E-state index in [1.165, 1.54) is 10.5 Å². The van der Waals surface area contributed by atoms with Crippen LogP contribution in [0, 0.1) is 5.92 Å². The van der Waals surface area contributed by atoms with E-state index in [0.717, 1.165) is 13.0 Å². The van der Waals surface area contributed by atoms with Gasteiger partial charge in [-0.05, 0) is 24.5 Å². The highest BCUT2D eigenvalue weighted by Gasteiger charge is 2.27. The molecular weight excluding hydrogens is 274 g/mol. The Morgan fingerprint density at radius 3 is 2.60 bits per heavy atom. The Morgan fingerprint density at radius 2 is 2.05 bits per heavy atom. The molecule has 1 N–H and O–H groups in total. The summed E-state index contributed by atoms with van der Waals surface area (Å²) >= 11 is 0. The molecule has 0 saturated heterocycles. The minimum absolute atomic E-state index is 0.121. The van der Waals surface area contributed by atoms with Gasteiger partial charge in [-0.3, -0.25) is 0 Å². The summed E-state index contributed by atoms with van der Waals surface area (Å²) in [5, 5.41) is 3.25. The molecule has 1 heterocycles. The van der Waals surface area contributed by atoms with Gasteiger partial charge in [0.2, 0.25) is 0 Å². The van der Waals surface area contributed by atoms with Gasteiger partial charge in [-0.25, -0.2) is 13.4 Å². The molecule has 0 unspecified atom stereocenters. The third-order valence-corrected chi connectivity index (χ3v) is 4.74. The van der Waals surface area contributed by atoms with Crippen molar-refractivity contribution in [3.63, 3.8) is 0 Å². The number of hydrogen-bond donors (Lipinski definition) is 1. The minimum Gasteiger partial charge on any atom is -0.383 e. The van der Waals surface area contributed by atoms with E-state index < -0.39 is 10.0 Å². The molecule has 0 atom stereocenters. The molecule has 0 amide bonds. The normalized spacial score (nSPS) is 12.1. The van der Waals surface area contributed by atoms with Gasteiger partial charge in [0.15, 0.2) is 5.03 Å². The van der Waals surface area contributed by atoms with Crippen molar-refractivity contribution < 1.29 is 8.42 Å². The zero-order valence-corrected chi connectivity index (χ0v) is 13.6. The maximum absolute atomic E-state index is 12.7. The molecule has 0 saturated carbocycles. The third kappa shape index (κ3) is 4.18. The van der Waals surface area contributed by atoms with E-state index in [2.05, 4.69) is 10.3 Å². The number of sulfonamides is 1. The molecule has 114 valence electrons. The predicted octanol–water partition coefficient (Wildman–Crippen LogP) is 2.57. The second kappa shape index (κ2) is 7.59. The van der Waals surface area contributed by atoms with Crippen molar-refractivity contribution in [1.82, 2.24) is 9.29 Å². The highest BCUT2D eigenvalue weighted by atomic mass is 32.2. The first kappa shape index (κ1) is 16.9. The molecule has 5 nitrogen and oxygen atoms in total. The Labute approximate surface area is 122 Å². The summed E-state index contributed by atoms with van der Waals surface area (Å²) in [6.45, 7) is 9.58. The highest BCUT2D eigenvalue weighted by Crippen LogP contribution is 2.22. The zero-order chi connectivity index (χ0) is 15.2. The molecule has 6 heteroatoms. The standard InChI is InChI=1S/C14H25N3O2S/c1-5-9-15-13-8-7-10-16-14(13)20(18,19)17(6-2)11-12(3)4/h7-8,10,12,15H,5-6,9,11H2,1-4H3. The van der Waals surface area contributed by atoms with Gasteiger partial charge in [-0.15, -0.1) is 0 Å². The average Bonchev–Trinajstić information content (AvgIpc) is 2.42. The monoisotopic (exact) mass is 299 g/mol. The van der Waals surface area contributed by atoms with Crippen LogP contribution in [-0.4, -0.2) is 37.3 Å². The van der Waals surface area contributed by atoms with Gasteiger partial charge >= 0.3 is 0 Å². The predicted molar refractivity (Wildman–Crippen MR) is 82.3 cm³/mol. The molecular formula is C14H25N3O2S. The second-order valence-electron chi connectivity index (χ2n) is 5.13. The van der Waals surface area contributed by atoms with Crippen LogP contribution in [0.25, 0.3) is 0 Å². The first-order chi connectivity index (χ1) is 9.43. The summed E-state index contributed by atoms with van der Waals surface area (Å²) in [4.78, 5) is 4.09. The molecule has 0 fully saturated rings. The summed E-state index contributed by atoms with van der Waals surface area (Å²) in [5.41, 5.74) is 0.580. The van der Waals surface area contributed by atoms with Gasteiger partial charge < -0.3 is 5.32 Å². The fourth-order valence-corrected chi connectivity index (χ4v) is 3.61. The molecule has 0 aromatic carbocycles. The Balaban J connectivity index is 3.13. The number of aromatic nitrogens is 1. The Bertz CT molecular complexity index is 515. The van der Waals surface area contributed by atoms with Crippen LogP contribution >= 0.6 is 0 Å². The maximum atomic E-state index is 12.7. The lowest BCUT2D eigenvalue weighted by atomic mass is 10.2.